The number of hydrogen-bond donors (Lipinski definition) is 0. The Morgan fingerprint density at radius 1 is 1.19 bits per heavy atom. The van der Waals surface area contributed by atoms with Gasteiger partial charge < -0.3 is 4.74 Å². The number of carbonyl (C=O) groups is 1. The molecule has 108 valence electrons. The van der Waals surface area contributed by atoms with Gasteiger partial charge in [-0.3, -0.25) is 4.79 Å². The molecule has 0 bridgehead atoms. The second-order valence-corrected chi connectivity index (χ2v) is 5.82. The maximum Gasteiger partial charge on any atom is 0.163 e. The van der Waals surface area contributed by atoms with Crippen LogP contribution in [-0.2, 0) is 0 Å². The predicted octanol–water partition coefficient (Wildman–Crippen LogP) is 4.44. The summed E-state index contributed by atoms with van der Waals surface area (Å²) in [4.78, 5) is 12.6. The minimum atomic E-state index is 0.231. The number of rotatable bonds is 3. The summed E-state index contributed by atoms with van der Waals surface area (Å²) in [5, 5.41) is 0. The maximum absolute atomic E-state index is 12.6. The Balaban J connectivity index is 1.83. The molecular weight excluding hydrogens is 260 g/mol. The lowest BCUT2D eigenvalue weighted by molar-refractivity contribution is 0.0965. The average Bonchev–Trinajstić information content (AvgIpc) is 2.47. The number of hydrogen-bond acceptors (Lipinski definition) is 2. The van der Waals surface area contributed by atoms with E-state index in [-0.39, 0.29) is 11.7 Å². The van der Waals surface area contributed by atoms with Crippen LogP contribution in [0.2, 0.25) is 0 Å². The molecule has 1 unspecified atom stereocenters. The molecule has 21 heavy (non-hydrogen) atoms. The lowest BCUT2D eigenvalue weighted by Gasteiger charge is -2.25. The van der Waals surface area contributed by atoms with E-state index in [1.54, 1.807) is 0 Å². The molecule has 2 aromatic rings. The molecule has 0 aliphatic carbocycles. The first-order chi connectivity index (χ1) is 10.1. The zero-order valence-electron chi connectivity index (χ0n) is 12.6. The molecule has 1 aliphatic rings. The fourth-order valence-corrected chi connectivity index (χ4v) is 3.09. The summed E-state index contributed by atoms with van der Waals surface area (Å²) in [6.45, 7) is 4.76. The van der Waals surface area contributed by atoms with E-state index < -0.39 is 0 Å². The summed E-state index contributed by atoms with van der Waals surface area (Å²) in [5.41, 5.74) is 4.28. The van der Waals surface area contributed by atoms with Gasteiger partial charge in [-0.1, -0.05) is 42.0 Å². The molecule has 2 heteroatoms. The third kappa shape index (κ3) is 2.85. The number of aryl methyl sites for hydroxylation is 2. The van der Waals surface area contributed by atoms with Gasteiger partial charge in [0.15, 0.2) is 5.78 Å². The highest BCUT2D eigenvalue weighted by Crippen LogP contribution is 2.36. The first kappa shape index (κ1) is 13.9. The number of fused-ring (bicyclic) bond motifs is 1. The van der Waals surface area contributed by atoms with Crippen molar-refractivity contribution < 1.29 is 9.53 Å². The van der Waals surface area contributed by atoms with E-state index in [4.69, 9.17) is 4.74 Å². The van der Waals surface area contributed by atoms with Gasteiger partial charge in [0, 0.05) is 12.0 Å². The van der Waals surface area contributed by atoms with Crippen LogP contribution in [0.4, 0.5) is 0 Å². The smallest absolute Gasteiger partial charge is 0.163 e. The van der Waals surface area contributed by atoms with E-state index in [1.165, 1.54) is 11.1 Å². The quantitative estimate of drug-likeness (QED) is 0.777. The fraction of sp³-hybridized carbons (Fsp3) is 0.316. The Morgan fingerprint density at radius 2 is 2.00 bits per heavy atom. The molecular formula is C19H20O2. The zero-order chi connectivity index (χ0) is 14.8. The summed E-state index contributed by atoms with van der Waals surface area (Å²) >= 11 is 0. The van der Waals surface area contributed by atoms with Crippen LogP contribution in [0.5, 0.6) is 5.75 Å². The molecule has 0 radical (unpaired) electrons. The van der Waals surface area contributed by atoms with Crippen molar-refractivity contribution in [2.75, 3.05) is 6.61 Å². The molecule has 0 saturated carbocycles. The second kappa shape index (κ2) is 5.72. The Morgan fingerprint density at radius 3 is 2.81 bits per heavy atom. The minimum absolute atomic E-state index is 0.231. The molecule has 0 aromatic heterocycles. The third-order valence-corrected chi connectivity index (χ3v) is 4.20. The monoisotopic (exact) mass is 280 g/mol. The van der Waals surface area contributed by atoms with Crippen LogP contribution in [-0.4, -0.2) is 12.4 Å². The maximum atomic E-state index is 12.6. The highest BCUT2D eigenvalue weighted by Gasteiger charge is 2.24. The van der Waals surface area contributed by atoms with Gasteiger partial charge >= 0.3 is 0 Å². The number of Topliss-reactive ketones (excluding diaryl/α,β-unsaturated/α-hetero) is 1. The number of carbonyl (C=O) groups excluding carboxylic acids is 1. The van der Waals surface area contributed by atoms with E-state index in [0.717, 1.165) is 23.3 Å². The molecule has 1 heterocycles. The lowest BCUT2D eigenvalue weighted by Crippen LogP contribution is -2.17. The predicted molar refractivity (Wildman–Crippen MR) is 84.2 cm³/mol. The van der Waals surface area contributed by atoms with E-state index in [2.05, 4.69) is 19.1 Å². The molecule has 1 aliphatic heterocycles. The molecule has 0 fully saturated rings. The van der Waals surface area contributed by atoms with Crippen LogP contribution in [0.25, 0.3) is 0 Å². The van der Waals surface area contributed by atoms with Crippen LogP contribution in [0.3, 0.4) is 0 Å². The van der Waals surface area contributed by atoms with Crippen molar-refractivity contribution in [1.29, 1.82) is 0 Å². The average molecular weight is 280 g/mol. The standard InChI is InChI=1S/C19H20O2/c1-13-7-8-16(14(2)11-13)18(20)12-15-9-10-21-19-6-4-3-5-17(15)19/h3-8,11,15H,9-10,12H2,1-2H3. The van der Waals surface area contributed by atoms with Gasteiger partial charge in [0.05, 0.1) is 6.61 Å². The van der Waals surface area contributed by atoms with E-state index in [1.807, 2.05) is 37.3 Å². The summed E-state index contributed by atoms with van der Waals surface area (Å²) in [5.74, 6) is 1.43. The number of ether oxygens (including phenoxy) is 1. The Bertz CT molecular complexity index is 673. The molecule has 3 rings (SSSR count). The van der Waals surface area contributed by atoms with Gasteiger partial charge in [0.2, 0.25) is 0 Å². The van der Waals surface area contributed by atoms with E-state index in [0.29, 0.717) is 13.0 Å². The SMILES string of the molecule is Cc1ccc(C(=O)CC2CCOc3ccccc32)c(C)c1. The summed E-state index contributed by atoms with van der Waals surface area (Å²) in [6.07, 6.45) is 1.47. The van der Waals surface area contributed by atoms with Crippen molar-refractivity contribution in [2.24, 2.45) is 0 Å². The molecule has 0 spiro atoms. The second-order valence-electron chi connectivity index (χ2n) is 5.82. The van der Waals surface area contributed by atoms with Crippen molar-refractivity contribution in [3.05, 3.63) is 64.7 Å². The van der Waals surface area contributed by atoms with Crippen LogP contribution in [0, 0.1) is 13.8 Å². The molecule has 0 amide bonds. The lowest BCUT2D eigenvalue weighted by atomic mass is 9.86. The Labute approximate surface area is 125 Å². The molecule has 0 saturated heterocycles. The van der Waals surface area contributed by atoms with Crippen LogP contribution >= 0.6 is 0 Å². The van der Waals surface area contributed by atoms with Crippen LogP contribution in [0.1, 0.15) is 45.8 Å². The van der Waals surface area contributed by atoms with Gasteiger partial charge in [0.1, 0.15) is 5.75 Å². The first-order valence-corrected chi connectivity index (χ1v) is 7.47. The summed E-state index contributed by atoms with van der Waals surface area (Å²) in [6, 6.07) is 14.1. The fourth-order valence-electron chi connectivity index (χ4n) is 3.09. The van der Waals surface area contributed by atoms with Gasteiger partial charge in [-0.25, -0.2) is 0 Å². The highest BCUT2D eigenvalue weighted by atomic mass is 16.5. The van der Waals surface area contributed by atoms with Crippen molar-refractivity contribution >= 4 is 5.78 Å². The zero-order valence-corrected chi connectivity index (χ0v) is 12.6. The third-order valence-electron chi connectivity index (χ3n) is 4.20. The highest BCUT2D eigenvalue weighted by molar-refractivity contribution is 5.98. The minimum Gasteiger partial charge on any atom is -0.493 e. The summed E-state index contributed by atoms with van der Waals surface area (Å²) < 4.78 is 5.67. The van der Waals surface area contributed by atoms with Crippen molar-refractivity contribution in [3.8, 4) is 5.75 Å². The molecule has 2 nitrogen and oxygen atoms in total. The van der Waals surface area contributed by atoms with Crippen molar-refractivity contribution in [3.63, 3.8) is 0 Å². The van der Waals surface area contributed by atoms with Gasteiger partial charge in [-0.2, -0.15) is 0 Å². The number of benzene rings is 2. The van der Waals surface area contributed by atoms with Crippen LogP contribution in [0.15, 0.2) is 42.5 Å². The first-order valence-electron chi connectivity index (χ1n) is 7.47. The van der Waals surface area contributed by atoms with Gasteiger partial charge in [-0.15, -0.1) is 0 Å². The largest absolute Gasteiger partial charge is 0.493 e. The Hall–Kier alpha value is -2.09. The van der Waals surface area contributed by atoms with E-state index >= 15 is 0 Å². The number of ketones is 1. The van der Waals surface area contributed by atoms with Gasteiger partial charge in [-0.05, 0) is 43.4 Å². The van der Waals surface area contributed by atoms with Gasteiger partial charge in [0.25, 0.3) is 0 Å². The van der Waals surface area contributed by atoms with Crippen molar-refractivity contribution in [2.45, 2.75) is 32.6 Å². The molecule has 0 N–H and O–H groups in total. The topological polar surface area (TPSA) is 26.3 Å². The normalized spacial score (nSPS) is 17.0. The Kier molecular flexibility index (Phi) is 3.78. The number of para-hydroxylation sites is 1. The van der Waals surface area contributed by atoms with Crippen LogP contribution < -0.4 is 4.74 Å². The molecule has 1 atom stereocenters. The van der Waals surface area contributed by atoms with E-state index in [9.17, 15) is 4.79 Å². The summed E-state index contributed by atoms with van der Waals surface area (Å²) in [7, 11) is 0. The van der Waals surface area contributed by atoms with Crippen molar-refractivity contribution in [1.82, 2.24) is 0 Å². The molecule has 2 aromatic carbocycles.